The van der Waals surface area contributed by atoms with Gasteiger partial charge in [0.1, 0.15) is 17.2 Å². The van der Waals surface area contributed by atoms with E-state index in [1.807, 2.05) is 57.3 Å². The molecule has 4 nitrogen and oxygen atoms in total. The van der Waals surface area contributed by atoms with Crippen molar-refractivity contribution < 1.29 is 9.47 Å². The van der Waals surface area contributed by atoms with E-state index in [0.717, 1.165) is 39.6 Å². The van der Waals surface area contributed by atoms with Crippen molar-refractivity contribution in [1.82, 2.24) is 0 Å². The lowest BCUT2D eigenvalue weighted by Gasteiger charge is -2.14. The molecule has 0 aliphatic carbocycles. The van der Waals surface area contributed by atoms with E-state index < -0.39 is 0 Å². The summed E-state index contributed by atoms with van der Waals surface area (Å²) in [5, 5.41) is 11.3. The number of nitrogens with one attached hydrogen (secondary N) is 1. The average molecular weight is 282 g/mol. The Labute approximate surface area is 124 Å². The molecule has 0 aromatic heterocycles. The summed E-state index contributed by atoms with van der Waals surface area (Å²) in [6.45, 7) is 5.90. The predicted molar refractivity (Wildman–Crippen MR) is 83.0 cm³/mol. The Bertz CT molecular complexity index is 679. The zero-order valence-corrected chi connectivity index (χ0v) is 12.7. The van der Waals surface area contributed by atoms with Crippen molar-refractivity contribution in [2.45, 2.75) is 20.8 Å². The van der Waals surface area contributed by atoms with E-state index in [-0.39, 0.29) is 0 Å². The van der Waals surface area contributed by atoms with Gasteiger partial charge in [0.15, 0.2) is 6.19 Å². The van der Waals surface area contributed by atoms with Gasteiger partial charge >= 0.3 is 0 Å². The van der Waals surface area contributed by atoms with E-state index >= 15 is 0 Å². The number of ether oxygens (including phenoxy) is 2. The second-order valence-corrected chi connectivity index (χ2v) is 4.91. The van der Waals surface area contributed by atoms with Gasteiger partial charge in [0.25, 0.3) is 0 Å². The van der Waals surface area contributed by atoms with Crippen LogP contribution < -0.4 is 14.8 Å². The summed E-state index contributed by atoms with van der Waals surface area (Å²) in [7, 11) is 1.65. The number of nitrogens with zero attached hydrogens (tertiary/aromatic N) is 1. The summed E-state index contributed by atoms with van der Waals surface area (Å²) in [5.41, 5.74) is 3.74. The van der Waals surface area contributed by atoms with Gasteiger partial charge in [0, 0.05) is 5.69 Å². The number of methoxy groups -OCH3 is 1. The van der Waals surface area contributed by atoms with Crippen LogP contribution in [0.5, 0.6) is 17.2 Å². The van der Waals surface area contributed by atoms with Crippen molar-refractivity contribution in [1.29, 1.82) is 5.26 Å². The molecular weight excluding hydrogens is 264 g/mol. The fourth-order valence-corrected chi connectivity index (χ4v) is 2.28. The second-order valence-electron chi connectivity index (χ2n) is 4.91. The predicted octanol–water partition coefficient (Wildman–Crippen LogP) is 4.31. The summed E-state index contributed by atoms with van der Waals surface area (Å²) >= 11 is 0. The van der Waals surface area contributed by atoms with Crippen LogP contribution in [0.2, 0.25) is 0 Å². The van der Waals surface area contributed by atoms with Crippen molar-refractivity contribution in [3.8, 4) is 23.4 Å². The molecule has 0 spiro atoms. The summed E-state index contributed by atoms with van der Waals surface area (Å²) < 4.78 is 11.2. The normalized spacial score (nSPS) is 9.86. The van der Waals surface area contributed by atoms with Crippen LogP contribution in [0.3, 0.4) is 0 Å². The largest absolute Gasteiger partial charge is 0.496 e. The van der Waals surface area contributed by atoms with E-state index in [4.69, 9.17) is 14.7 Å². The summed E-state index contributed by atoms with van der Waals surface area (Å²) in [6, 6.07) is 9.50. The van der Waals surface area contributed by atoms with E-state index in [9.17, 15) is 0 Å². The standard InChI is InChI=1S/C17H18N2O2/c1-11-9-15(5-6-16(11)20-4)21-17-12(2)7-14(19-10-18)8-13(17)3/h5-9,19H,1-4H3. The van der Waals surface area contributed by atoms with Crippen LogP contribution >= 0.6 is 0 Å². The quantitative estimate of drug-likeness (QED) is 0.670. The third kappa shape index (κ3) is 3.26. The third-order valence-corrected chi connectivity index (χ3v) is 3.25. The van der Waals surface area contributed by atoms with Gasteiger partial charge in [-0.15, -0.1) is 0 Å². The molecule has 2 aromatic carbocycles. The molecule has 2 rings (SSSR count). The van der Waals surface area contributed by atoms with Crippen LogP contribution in [-0.4, -0.2) is 7.11 Å². The minimum atomic E-state index is 0.764. The topological polar surface area (TPSA) is 54.3 Å². The Balaban J connectivity index is 2.31. The Kier molecular flexibility index (Phi) is 4.34. The number of hydrogen-bond donors (Lipinski definition) is 1. The lowest BCUT2D eigenvalue weighted by molar-refractivity contribution is 0.409. The minimum absolute atomic E-state index is 0.764. The molecule has 0 radical (unpaired) electrons. The first-order valence-electron chi connectivity index (χ1n) is 6.64. The summed E-state index contributed by atoms with van der Waals surface area (Å²) in [5.74, 6) is 2.41. The number of aryl methyl sites for hydroxylation is 3. The van der Waals surface area contributed by atoms with E-state index in [0.29, 0.717) is 0 Å². The number of rotatable bonds is 4. The Morgan fingerprint density at radius 2 is 1.67 bits per heavy atom. The van der Waals surface area contributed by atoms with Crippen molar-refractivity contribution in [3.05, 3.63) is 47.0 Å². The molecule has 0 unspecified atom stereocenters. The monoisotopic (exact) mass is 282 g/mol. The number of anilines is 1. The maximum atomic E-state index is 8.68. The van der Waals surface area contributed by atoms with Crippen LogP contribution in [0.4, 0.5) is 5.69 Å². The lowest BCUT2D eigenvalue weighted by atomic mass is 10.1. The third-order valence-electron chi connectivity index (χ3n) is 3.25. The van der Waals surface area contributed by atoms with Crippen molar-refractivity contribution in [2.75, 3.05) is 12.4 Å². The van der Waals surface area contributed by atoms with Crippen LogP contribution in [-0.2, 0) is 0 Å². The molecule has 0 atom stereocenters. The molecule has 0 aliphatic rings. The Morgan fingerprint density at radius 1 is 1.00 bits per heavy atom. The van der Waals surface area contributed by atoms with Gasteiger partial charge in [-0.25, -0.2) is 0 Å². The smallest absolute Gasteiger partial charge is 0.181 e. The molecule has 1 N–H and O–H groups in total. The van der Waals surface area contributed by atoms with E-state index in [1.165, 1.54) is 0 Å². The average Bonchev–Trinajstić information content (AvgIpc) is 2.43. The first kappa shape index (κ1) is 14.7. The van der Waals surface area contributed by atoms with Gasteiger partial charge in [-0.1, -0.05) is 0 Å². The van der Waals surface area contributed by atoms with Crippen molar-refractivity contribution in [2.24, 2.45) is 0 Å². The molecule has 0 fully saturated rings. The highest BCUT2D eigenvalue weighted by Crippen LogP contribution is 2.33. The molecule has 4 heteroatoms. The highest BCUT2D eigenvalue weighted by Gasteiger charge is 2.09. The number of hydrogen-bond acceptors (Lipinski definition) is 4. The molecule has 2 aromatic rings. The fraction of sp³-hybridized carbons (Fsp3) is 0.235. The molecular formula is C17H18N2O2. The highest BCUT2D eigenvalue weighted by atomic mass is 16.5. The molecule has 0 aliphatic heterocycles. The molecule has 108 valence electrons. The highest BCUT2D eigenvalue weighted by molar-refractivity contribution is 5.57. The number of nitriles is 1. The van der Waals surface area contributed by atoms with Gasteiger partial charge in [-0.2, -0.15) is 5.26 Å². The minimum Gasteiger partial charge on any atom is -0.496 e. The van der Waals surface area contributed by atoms with E-state index in [1.54, 1.807) is 7.11 Å². The molecule has 0 saturated carbocycles. The SMILES string of the molecule is COc1ccc(Oc2c(C)cc(NC#N)cc2C)cc1C. The summed E-state index contributed by atoms with van der Waals surface area (Å²) in [6.07, 6.45) is 1.92. The van der Waals surface area contributed by atoms with Gasteiger partial charge < -0.3 is 9.47 Å². The van der Waals surface area contributed by atoms with Gasteiger partial charge in [-0.05, 0) is 67.8 Å². The van der Waals surface area contributed by atoms with Crippen LogP contribution in [0.1, 0.15) is 16.7 Å². The molecule has 21 heavy (non-hydrogen) atoms. The van der Waals surface area contributed by atoms with Crippen LogP contribution in [0.15, 0.2) is 30.3 Å². The second kappa shape index (κ2) is 6.19. The van der Waals surface area contributed by atoms with Crippen LogP contribution in [0, 0.1) is 32.2 Å². The molecule has 0 saturated heterocycles. The van der Waals surface area contributed by atoms with Gasteiger partial charge in [0.05, 0.1) is 7.11 Å². The van der Waals surface area contributed by atoms with Crippen molar-refractivity contribution in [3.63, 3.8) is 0 Å². The lowest BCUT2D eigenvalue weighted by Crippen LogP contribution is -1.95. The Hall–Kier alpha value is -2.67. The zero-order chi connectivity index (χ0) is 15.4. The maximum Gasteiger partial charge on any atom is 0.181 e. The van der Waals surface area contributed by atoms with Gasteiger partial charge in [0.2, 0.25) is 0 Å². The first-order valence-corrected chi connectivity index (χ1v) is 6.64. The molecule has 0 heterocycles. The maximum absolute atomic E-state index is 8.68. The Morgan fingerprint density at radius 3 is 2.19 bits per heavy atom. The molecule has 0 amide bonds. The first-order chi connectivity index (χ1) is 10.0. The summed E-state index contributed by atoms with van der Waals surface area (Å²) in [4.78, 5) is 0. The van der Waals surface area contributed by atoms with Gasteiger partial charge in [-0.3, -0.25) is 5.32 Å². The zero-order valence-electron chi connectivity index (χ0n) is 12.7. The van der Waals surface area contributed by atoms with Crippen LogP contribution in [0.25, 0.3) is 0 Å². The van der Waals surface area contributed by atoms with Crippen molar-refractivity contribution >= 4 is 5.69 Å². The van der Waals surface area contributed by atoms with E-state index in [2.05, 4.69) is 5.32 Å². The fourth-order valence-electron chi connectivity index (χ4n) is 2.28. The number of benzene rings is 2. The molecule has 0 bridgehead atoms.